The lowest BCUT2D eigenvalue weighted by atomic mass is 10.3. The molecule has 0 unspecified atom stereocenters. The Morgan fingerprint density at radius 1 is 1.06 bits per heavy atom. The fourth-order valence-corrected chi connectivity index (χ4v) is 1.24. The van der Waals surface area contributed by atoms with Crippen molar-refractivity contribution in [2.24, 2.45) is 0 Å². The van der Waals surface area contributed by atoms with E-state index >= 15 is 0 Å². The normalized spacial score (nSPS) is 9.06. The Hall–Kier alpha value is -1.77. The number of hydrogen-bond acceptors (Lipinski definition) is 2. The van der Waals surface area contributed by atoms with Gasteiger partial charge < -0.3 is 9.80 Å². The van der Waals surface area contributed by atoms with Crippen molar-refractivity contribution < 1.29 is 4.79 Å². The monoisotopic (exact) mass is 220 g/mol. The van der Waals surface area contributed by atoms with Gasteiger partial charge in [-0.3, -0.25) is 4.79 Å². The number of carbonyl (C=O) groups excluding carboxylic acids is 1. The maximum atomic E-state index is 11.9. The van der Waals surface area contributed by atoms with Crippen molar-refractivity contribution in [2.45, 2.75) is 0 Å². The largest absolute Gasteiger partial charge is 0.360 e. The molecule has 3 nitrogen and oxygen atoms in total. The summed E-state index contributed by atoms with van der Waals surface area (Å²) in [4.78, 5) is 15.3. The van der Waals surface area contributed by atoms with Crippen LogP contribution in [0.15, 0.2) is 50.2 Å². The zero-order valence-corrected chi connectivity index (χ0v) is 9.98. The molecule has 0 atom stereocenters. The minimum Gasteiger partial charge on any atom is -0.360 e. The maximum absolute atomic E-state index is 11.9. The summed E-state index contributed by atoms with van der Waals surface area (Å²) in [7, 11) is 1.72. The molecule has 0 fully saturated rings. The molecule has 0 spiro atoms. The highest BCUT2D eigenvalue weighted by molar-refractivity contribution is 5.92. The lowest BCUT2D eigenvalue weighted by Crippen LogP contribution is -2.36. The summed E-state index contributed by atoms with van der Waals surface area (Å²) < 4.78 is 0. The van der Waals surface area contributed by atoms with Crippen molar-refractivity contribution in [2.75, 3.05) is 26.7 Å². The van der Waals surface area contributed by atoms with Crippen LogP contribution in [0.3, 0.4) is 0 Å². The van der Waals surface area contributed by atoms with Gasteiger partial charge in [0.15, 0.2) is 0 Å². The van der Waals surface area contributed by atoms with E-state index in [1.165, 1.54) is 0 Å². The van der Waals surface area contributed by atoms with Gasteiger partial charge in [0.25, 0.3) is 5.91 Å². The van der Waals surface area contributed by atoms with Gasteiger partial charge in [-0.05, 0) is 0 Å². The van der Waals surface area contributed by atoms with E-state index in [0.717, 1.165) is 0 Å². The summed E-state index contributed by atoms with van der Waals surface area (Å²) in [5, 5.41) is 0. The SMILES string of the molecule is C=CCN(C)C(=O)C(=C)N(CC=C)CC=C. The minimum absolute atomic E-state index is 0.108. The fourth-order valence-electron chi connectivity index (χ4n) is 1.24. The lowest BCUT2D eigenvalue weighted by molar-refractivity contribution is -0.126. The predicted molar refractivity (Wildman–Crippen MR) is 68.9 cm³/mol. The Morgan fingerprint density at radius 2 is 1.50 bits per heavy atom. The number of rotatable bonds is 8. The van der Waals surface area contributed by atoms with Crippen LogP contribution in [0, 0.1) is 0 Å². The number of carbonyl (C=O) groups is 1. The minimum atomic E-state index is -0.108. The number of likely N-dealkylation sites (N-methyl/N-ethyl adjacent to an activating group) is 1. The molecule has 3 heteroatoms. The quantitative estimate of drug-likeness (QED) is 0.460. The second-order valence-corrected chi connectivity index (χ2v) is 3.40. The zero-order chi connectivity index (χ0) is 12.6. The molecule has 0 heterocycles. The van der Waals surface area contributed by atoms with Crippen molar-refractivity contribution in [3.05, 3.63) is 50.2 Å². The molecular formula is C13H20N2O. The van der Waals surface area contributed by atoms with Crippen LogP contribution in [0.2, 0.25) is 0 Å². The third-order valence-electron chi connectivity index (χ3n) is 2.08. The first-order chi connectivity index (χ1) is 7.58. The zero-order valence-electron chi connectivity index (χ0n) is 9.98. The average molecular weight is 220 g/mol. The number of hydrogen-bond donors (Lipinski definition) is 0. The predicted octanol–water partition coefficient (Wildman–Crippen LogP) is 1.82. The molecule has 0 aliphatic carbocycles. The van der Waals surface area contributed by atoms with E-state index in [2.05, 4.69) is 26.3 Å². The van der Waals surface area contributed by atoms with E-state index < -0.39 is 0 Å². The third-order valence-corrected chi connectivity index (χ3v) is 2.08. The molecule has 0 radical (unpaired) electrons. The molecule has 0 rings (SSSR count). The van der Waals surface area contributed by atoms with Gasteiger partial charge in [0, 0.05) is 26.7 Å². The highest BCUT2D eigenvalue weighted by atomic mass is 16.2. The number of amides is 1. The van der Waals surface area contributed by atoms with Crippen LogP contribution in [0.1, 0.15) is 0 Å². The maximum Gasteiger partial charge on any atom is 0.269 e. The molecule has 0 N–H and O–H groups in total. The van der Waals surface area contributed by atoms with Crippen molar-refractivity contribution in [3.63, 3.8) is 0 Å². The first kappa shape index (κ1) is 14.2. The van der Waals surface area contributed by atoms with E-state index in [1.807, 2.05) is 4.90 Å². The third kappa shape index (κ3) is 4.17. The van der Waals surface area contributed by atoms with Gasteiger partial charge in [0.2, 0.25) is 0 Å². The van der Waals surface area contributed by atoms with Crippen LogP contribution in [-0.4, -0.2) is 42.4 Å². The average Bonchev–Trinajstić information content (AvgIpc) is 2.27. The van der Waals surface area contributed by atoms with Crippen LogP contribution in [-0.2, 0) is 4.79 Å². The van der Waals surface area contributed by atoms with Crippen molar-refractivity contribution >= 4 is 5.91 Å². The molecule has 0 aromatic rings. The van der Waals surface area contributed by atoms with Gasteiger partial charge in [0.1, 0.15) is 0 Å². The summed E-state index contributed by atoms with van der Waals surface area (Å²) in [6, 6.07) is 0. The van der Waals surface area contributed by atoms with Crippen molar-refractivity contribution in [3.8, 4) is 0 Å². The van der Waals surface area contributed by atoms with Gasteiger partial charge in [0.05, 0.1) is 5.70 Å². The van der Waals surface area contributed by atoms with E-state index in [9.17, 15) is 4.79 Å². The highest BCUT2D eigenvalue weighted by Crippen LogP contribution is 2.05. The lowest BCUT2D eigenvalue weighted by Gasteiger charge is -2.26. The summed E-state index contributed by atoms with van der Waals surface area (Å²) in [5.41, 5.74) is 0.448. The highest BCUT2D eigenvalue weighted by Gasteiger charge is 2.16. The van der Waals surface area contributed by atoms with Gasteiger partial charge in [-0.1, -0.05) is 24.8 Å². The summed E-state index contributed by atoms with van der Waals surface area (Å²) >= 11 is 0. The molecule has 0 aromatic carbocycles. The van der Waals surface area contributed by atoms with E-state index in [4.69, 9.17) is 0 Å². The second-order valence-electron chi connectivity index (χ2n) is 3.40. The first-order valence-corrected chi connectivity index (χ1v) is 5.10. The van der Waals surface area contributed by atoms with E-state index in [1.54, 1.807) is 30.2 Å². The standard InChI is InChI=1S/C13H20N2O/c1-6-9-14(5)13(16)12(4)15(10-7-2)11-8-3/h6-8H,1-4,9-11H2,5H3. The first-order valence-electron chi connectivity index (χ1n) is 5.10. The fraction of sp³-hybridized carbons (Fsp3) is 0.308. The summed E-state index contributed by atoms with van der Waals surface area (Å²) in [6.45, 7) is 16.4. The van der Waals surface area contributed by atoms with Crippen LogP contribution < -0.4 is 0 Å². The van der Waals surface area contributed by atoms with Crippen LogP contribution in [0.5, 0.6) is 0 Å². The van der Waals surface area contributed by atoms with Gasteiger partial charge in [-0.2, -0.15) is 0 Å². The molecule has 1 amide bonds. The Kier molecular flexibility index (Phi) is 6.68. The Labute approximate surface area is 98.0 Å². The van der Waals surface area contributed by atoms with Gasteiger partial charge in [-0.15, -0.1) is 19.7 Å². The van der Waals surface area contributed by atoms with Gasteiger partial charge >= 0.3 is 0 Å². The van der Waals surface area contributed by atoms with Crippen LogP contribution in [0.4, 0.5) is 0 Å². The smallest absolute Gasteiger partial charge is 0.269 e. The second kappa shape index (κ2) is 7.51. The molecule has 0 aliphatic heterocycles. The molecule has 0 bridgehead atoms. The van der Waals surface area contributed by atoms with Crippen molar-refractivity contribution in [1.29, 1.82) is 0 Å². The van der Waals surface area contributed by atoms with Crippen LogP contribution >= 0.6 is 0 Å². The molecular weight excluding hydrogens is 200 g/mol. The molecule has 88 valence electrons. The van der Waals surface area contributed by atoms with E-state index in [-0.39, 0.29) is 5.91 Å². The van der Waals surface area contributed by atoms with Gasteiger partial charge in [-0.25, -0.2) is 0 Å². The number of nitrogens with zero attached hydrogens (tertiary/aromatic N) is 2. The summed E-state index contributed by atoms with van der Waals surface area (Å²) in [6.07, 6.45) is 5.14. The molecule has 0 saturated carbocycles. The van der Waals surface area contributed by atoms with Crippen molar-refractivity contribution in [1.82, 2.24) is 9.80 Å². The Balaban J connectivity index is 4.58. The van der Waals surface area contributed by atoms with Crippen LogP contribution in [0.25, 0.3) is 0 Å². The molecule has 0 saturated heterocycles. The Bertz CT molecular complexity index is 284. The topological polar surface area (TPSA) is 23.6 Å². The molecule has 16 heavy (non-hydrogen) atoms. The summed E-state index contributed by atoms with van der Waals surface area (Å²) in [5.74, 6) is -0.108. The van der Waals surface area contributed by atoms with E-state index in [0.29, 0.717) is 25.3 Å². The molecule has 0 aliphatic rings. The molecule has 0 aromatic heterocycles. The Morgan fingerprint density at radius 3 is 1.88 bits per heavy atom.